The van der Waals surface area contributed by atoms with Crippen LogP contribution in [0.3, 0.4) is 0 Å². The molecule has 0 aliphatic carbocycles. The number of nitro groups is 1. The van der Waals surface area contributed by atoms with Crippen molar-refractivity contribution in [2.45, 2.75) is 0 Å². The van der Waals surface area contributed by atoms with Crippen LogP contribution in [0, 0.1) is 16.2 Å². The Kier molecular flexibility index (Phi) is 2.51. The fraction of sp³-hybridized carbons (Fsp3) is 0. The molecule has 0 aliphatic rings. The quantitative estimate of drug-likeness (QED) is 0.615. The maximum Gasteiger partial charge on any atom is 0.287 e. The number of nitro benzene ring substituents is 1. The second-order valence-electron chi connectivity index (χ2n) is 3.09. The van der Waals surface area contributed by atoms with Gasteiger partial charge in [0.15, 0.2) is 0 Å². The van der Waals surface area contributed by atoms with E-state index in [9.17, 15) is 15.2 Å². The Morgan fingerprint density at radius 3 is 2.88 bits per heavy atom. The van der Waals surface area contributed by atoms with E-state index in [1.165, 1.54) is 12.3 Å². The SMILES string of the molecule is O=[N+]([O-])c1[c]cc(O)cc1-c1ccccn1. The zero-order valence-electron chi connectivity index (χ0n) is 8.12. The van der Waals surface area contributed by atoms with Gasteiger partial charge in [0.2, 0.25) is 0 Å². The number of hydrogen-bond acceptors (Lipinski definition) is 4. The van der Waals surface area contributed by atoms with Gasteiger partial charge in [0.05, 0.1) is 22.2 Å². The Bertz CT molecular complexity index is 526. The zero-order valence-corrected chi connectivity index (χ0v) is 8.12. The molecule has 2 rings (SSSR count). The number of phenolic OH excluding ortho intramolecular Hbond substituents is 1. The van der Waals surface area contributed by atoms with E-state index in [1.54, 1.807) is 18.2 Å². The third-order valence-corrected chi connectivity index (χ3v) is 2.03. The lowest BCUT2D eigenvalue weighted by atomic mass is 10.1. The monoisotopic (exact) mass is 215 g/mol. The number of nitrogens with zero attached hydrogens (tertiary/aromatic N) is 2. The van der Waals surface area contributed by atoms with E-state index in [4.69, 9.17) is 0 Å². The van der Waals surface area contributed by atoms with Gasteiger partial charge in [0.1, 0.15) is 5.75 Å². The number of aromatic hydroxyl groups is 1. The molecule has 0 saturated heterocycles. The van der Waals surface area contributed by atoms with Gasteiger partial charge in [-0.3, -0.25) is 15.1 Å². The number of phenols is 1. The average molecular weight is 215 g/mol. The van der Waals surface area contributed by atoms with Gasteiger partial charge in [-0.2, -0.15) is 0 Å². The summed E-state index contributed by atoms with van der Waals surface area (Å²) in [7, 11) is 0. The molecule has 0 bridgehead atoms. The van der Waals surface area contributed by atoms with E-state index in [1.807, 2.05) is 0 Å². The van der Waals surface area contributed by atoms with Gasteiger partial charge in [-0.05, 0) is 24.3 Å². The van der Waals surface area contributed by atoms with Crippen molar-refractivity contribution in [2.75, 3.05) is 0 Å². The number of aromatic nitrogens is 1. The van der Waals surface area contributed by atoms with Crippen LogP contribution in [0.4, 0.5) is 5.69 Å². The van der Waals surface area contributed by atoms with Crippen molar-refractivity contribution < 1.29 is 10.0 Å². The largest absolute Gasteiger partial charge is 0.508 e. The molecule has 5 nitrogen and oxygen atoms in total. The molecule has 0 saturated carbocycles. The minimum absolute atomic E-state index is 0.0775. The van der Waals surface area contributed by atoms with E-state index in [0.29, 0.717) is 5.69 Å². The summed E-state index contributed by atoms with van der Waals surface area (Å²) in [5, 5.41) is 20.1. The molecule has 1 aromatic heterocycles. The summed E-state index contributed by atoms with van der Waals surface area (Å²) in [6, 6.07) is 9.94. The molecule has 2 aromatic rings. The summed E-state index contributed by atoms with van der Waals surface area (Å²) in [4.78, 5) is 14.2. The van der Waals surface area contributed by atoms with Crippen LogP contribution in [-0.2, 0) is 0 Å². The van der Waals surface area contributed by atoms with Crippen LogP contribution in [-0.4, -0.2) is 15.0 Å². The minimum atomic E-state index is -0.552. The van der Waals surface area contributed by atoms with Crippen molar-refractivity contribution in [3.8, 4) is 17.0 Å². The first-order valence-corrected chi connectivity index (χ1v) is 4.49. The molecule has 5 heteroatoms. The molecular weight excluding hydrogens is 208 g/mol. The zero-order chi connectivity index (χ0) is 11.5. The number of benzene rings is 1. The second kappa shape index (κ2) is 3.98. The molecule has 16 heavy (non-hydrogen) atoms. The smallest absolute Gasteiger partial charge is 0.287 e. The van der Waals surface area contributed by atoms with Crippen molar-refractivity contribution in [3.63, 3.8) is 0 Å². The highest BCUT2D eigenvalue weighted by molar-refractivity contribution is 5.71. The maximum absolute atomic E-state index is 10.8. The molecular formula is C11H7N2O3. The molecule has 1 heterocycles. The van der Waals surface area contributed by atoms with E-state index in [-0.39, 0.29) is 17.0 Å². The molecule has 0 spiro atoms. The Labute approximate surface area is 91.2 Å². The maximum atomic E-state index is 10.8. The molecule has 0 unspecified atom stereocenters. The topological polar surface area (TPSA) is 76.3 Å². The van der Waals surface area contributed by atoms with Crippen molar-refractivity contribution in [3.05, 3.63) is 52.7 Å². The van der Waals surface area contributed by atoms with Gasteiger partial charge in [-0.25, -0.2) is 0 Å². The van der Waals surface area contributed by atoms with Crippen LogP contribution >= 0.6 is 0 Å². The summed E-state index contributed by atoms with van der Waals surface area (Å²) in [6.45, 7) is 0. The fourth-order valence-electron chi connectivity index (χ4n) is 1.35. The lowest BCUT2D eigenvalue weighted by Crippen LogP contribution is -1.93. The molecule has 1 aromatic carbocycles. The molecule has 0 fully saturated rings. The average Bonchev–Trinajstić information content (AvgIpc) is 2.29. The van der Waals surface area contributed by atoms with Gasteiger partial charge in [-0.1, -0.05) is 6.07 Å². The number of rotatable bonds is 2. The van der Waals surface area contributed by atoms with Gasteiger partial charge >= 0.3 is 0 Å². The first-order valence-electron chi connectivity index (χ1n) is 4.49. The van der Waals surface area contributed by atoms with E-state index >= 15 is 0 Å². The first kappa shape index (κ1) is 10.1. The fourth-order valence-corrected chi connectivity index (χ4v) is 1.35. The summed E-state index contributed by atoms with van der Waals surface area (Å²) in [6.07, 6.45) is 1.53. The number of hydrogen-bond donors (Lipinski definition) is 1. The Morgan fingerprint density at radius 2 is 2.25 bits per heavy atom. The van der Waals surface area contributed by atoms with Gasteiger partial charge < -0.3 is 5.11 Å². The first-order chi connectivity index (χ1) is 7.68. The lowest BCUT2D eigenvalue weighted by molar-refractivity contribution is -0.384. The van der Waals surface area contributed by atoms with Crippen LogP contribution < -0.4 is 0 Å². The van der Waals surface area contributed by atoms with Crippen molar-refractivity contribution >= 4 is 5.69 Å². The molecule has 1 N–H and O–H groups in total. The van der Waals surface area contributed by atoms with Crippen LogP contribution in [0.5, 0.6) is 5.75 Å². The van der Waals surface area contributed by atoms with Gasteiger partial charge in [0.25, 0.3) is 5.69 Å². The van der Waals surface area contributed by atoms with Gasteiger partial charge in [-0.15, -0.1) is 0 Å². The number of pyridine rings is 1. The third kappa shape index (κ3) is 1.83. The highest BCUT2D eigenvalue weighted by Gasteiger charge is 2.16. The highest BCUT2D eigenvalue weighted by Crippen LogP contribution is 2.30. The Morgan fingerprint density at radius 1 is 1.44 bits per heavy atom. The highest BCUT2D eigenvalue weighted by atomic mass is 16.6. The Hall–Kier alpha value is -2.43. The standard InChI is InChI=1S/C11H7N2O3/c14-8-4-5-11(13(15)16)9(7-8)10-3-1-2-6-12-10/h1-4,6-7,14H. The van der Waals surface area contributed by atoms with Crippen LogP contribution in [0.1, 0.15) is 0 Å². The Balaban J connectivity index is 2.63. The molecule has 79 valence electrons. The van der Waals surface area contributed by atoms with E-state index < -0.39 is 4.92 Å². The van der Waals surface area contributed by atoms with E-state index in [2.05, 4.69) is 11.1 Å². The summed E-state index contributed by atoms with van der Waals surface area (Å²) >= 11 is 0. The van der Waals surface area contributed by atoms with Crippen molar-refractivity contribution in [1.29, 1.82) is 0 Å². The normalized spacial score (nSPS) is 10.0. The summed E-state index contributed by atoms with van der Waals surface area (Å²) in [5.74, 6) is -0.0775. The lowest BCUT2D eigenvalue weighted by Gasteiger charge is -2.02. The molecule has 0 atom stereocenters. The second-order valence-corrected chi connectivity index (χ2v) is 3.09. The van der Waals surface area contributed by atoms with Crippen molar-refractivity contribution in [2.24, 2.45) is 0 Å². The molecule has 1 radical (unpaired) electrons. The van der Waals surface area contributed by atoms with E-state index in [0.717, 1.165) is 6.07 Å². The van der Waals surface area contributed by atoms with Crippen molar-refractivity contribution in [1.82, 2.24) is 4.98 Å². The third-order valence-electron chi connectivity index (χ3n) is 2.03. The summed E-state index contributed by atoms with van der Waals surface area (Å²) in [5.41, 5.74) is 0.489. The van der Waals surface area contributed by atoms with Crippen LogP contribution in [0.25, 0.3) is 11.3 Å². The summed E-state index contributed by atoms with van der Waals surface area (Å²) < 4.78 is 0. The predicted molar refractivity (Wildman–Crippen MR) is 56.8 cm³/mol. The van der Waals surface area contributed by atoms with Gasteiger partial charge in [0, 0.05) is 6.20 Å². The predicted octanol–water partition coefficient (Wildman–Crippen LogP) is 2.16. The molecule has 0 aliphatic heterocycles. The minimum Gasteiger partial charge on any atom is -0.508 e. The van der Waals surface area contributed by atoms with Crippen LogP contribution in [0.2, 0.25) is 0 Å². The van der Waals surface area contributed by atoms with Crippen LogP contribution in [0.15, 0.2) is 36.5 Å². The molecule has 0 amide bonds.